The van der Waals surface area contributed by atoms with Gasteiger partial charge in [-0.1, -0.05) is 23.7 Å². The highest BCUT2D eigenvalue weighted by Gasteiger charge is 2.46. The Labute approximate surface area is 177 Å². The van der Waals surface area contributed by atoms with E-state index in [1.165, 1.54) is 16.8 Å². The zero-order chi connectivity index (χ0) is 21.5. The molecule has 3 heterocycles. The molecule has 0 radical (unpaired) electrons. The molecule has 0 fully saturated rings. The summed E-state index contributed by atoms with van der Waals surface area (Å²) in [6.07, 6.45) is -3.68. The van der Waals surface area contributed by atoms with Crippen LogP contribution in [0.5, 0.6) is 5.75 Å². The molecule has 0 saturated carbocycles. The second-order valence-corrected chi connectivity index (χ2v) is 7.99. The number of carbonyl (C=O) groups excluding carboxylic acids is 1. The van der Waals surface area contributed by atoms with E-state index in [0.29, 0.717) is 22.3 Å². The number of halogens is 4. The van der Waals surface area contributed by atoms with E-state index in [0.717, 1.165) is 17.7 Å². The zero-order valence-electron chi connectivity index (χ0n) is 15.4. The van der Waals surface area contributed by atoms with Crippen LogP contribution in [0.4, 0.5) is 19.1 Å². The minimum atomic E-state index is -4.81. The fourth-order valence-corrected chi connectivity index (χ4v) is 4.22. The van der Waals surface area contributed by atoms with Crippen LogP contribution in [0.25, 0.3) is 0 Å². The van der Waals surface area contributed by atoms with Gasteiger partial charge in [-0.15, -0.1) is 11.3 Å². The van der Waals surface area contributed by atoms with Crippen molar-refractivity contribution >= 4 is 34.7 Å². The smallest absolute Gasteiger partial charge is 0.431 e. The van der Waals surface area contributed by atoms with E-state index >= 15 is 0 Å². The number of benzene rings is 1. The first-order chi connectivity index (χ1) is 14.3. The summed E-state index contributed by atoms with van der Waals surface area (Å²) in [5.74, 6) is -0.333. The lowest BCUT2D eigenvalue weighted by Gasteiger charge is -2.30. The maximum absolute atomic E-state index is 14.0. The molecular formula is C19H14ClF3N4O2S. The van der Waals surface area contributed by atoms with Gasteiger partial charge in [0.25, 0.3) is 0 Å². The molecule has 2 aromatic heterocycles. The van der Waals surface area contributed by atoms with Gasteiger partial charge in [-0.25, -0.2) is 4.68 Å². The quantitative estimate of drug-likeness (QED) is 0.543. The molecule has 3 aromatic rings. The summed E-state index contributed by atoms with van der Waals surface area (Å²) >= 11 is 6.82. The number of ether oxygens (including phenoxy) is 1. The van der Waals surface area contributed by atoms with Crippen LogP contribution in [0.3, 0.4) is 0 Å². The highest BCUT2D eigenvalue weighted by atomic mass is 35.5. The third-order valence-corrected chi connectivity index (χ3v) is 5.66. The van der Waals surface area contributed by atoms with Crippen molar-refractivity contribution in [3.05, 3.63) is 68.8 Å². The Morgan fingerprint density at radius 2 is 2.00 bits per heavy atom. The van der Waals surface area contributed by atoms with Crippen molar-refractivity contribution < 1.29 is 22.7 Å². The average Bonchev–Trinajstić information content (AvgIpc) is 3.35. The maximum Gasteiger partial charge on any atom is 0.431 e. The Kier molecular flexibility index (Phi) is 5.29. The van der Waals surface area contributed by atoms with Crippen LogP contribution in [-0.2, 0) is 0 Å². The molecule has 0 spiro atoms. The molecule has 1 N–H and O–H groups in total. The summed E-state index contributed by atoms with van der Waals surface area (Å²) in [7, 11) is 0. The van der Waals surface area contributed by atoms with Gasteiger partial charge in [-0.3, -0.25) is 4.79 Å². The Morgan fingerprint density at radius 1 is 1.27 bits per heavy atom. The average molecular weight is 455 g/mol. The van der Waals surface area contributed by atoms with Gasteiger partial charge in [0.1, 0.15) is 23.8 Å². The number of fused-ring (bicyclic) bond motifs is 1. The molecular weight excluding hydrogens is 441 g/mol. The third-order valence-electron chi connectivity index (χ3n) is 4.43. The molecule has 0 unspecified atom stereocenters. The summed E-state index contributed by atoms with van der Waals surface area (Å²) < 4.78 is 48.8. The molecule has 0 saturated heterocycles. The zero-order valence-corrected chi connectivity index (χ0v) is 17.0. The fourth-order valence-electron chi connectivity index (χ4n) is 3.22. The third kappa shape index (κ3) is 3.68. The van der Waals surface area contributed by atoms with Gasteiger partial charge in [0, 0.05) is 0 Å². The van der Waals surface area contributed by atoms with Crippen molar-refractivity contribution in [2.75, 3.05) is 11.9 Å². The van der Waals surface area contributed by atoms with Crippen LogP contribution < -0.4 is 10.1 Å². The number of nitrogens with one attached hydrogen (secondary N) is 1. The molecule has 0 amide bonds. The van der Waals surface area contributed by atoms with Gasteiger partial charge in [0.05, 0.1) is 21.4 Å². The summed E-state index contributed by atoms with van der Waals surface area (Å²) in [5, 5.41) is 6.28. The number of ketones is 1. The van der Waals surface area contributed by atoms with Crippen molar-refractivity contribution in [2.24, 2.45) is 0 Å². The predicted molar refractivity (Wildman–Crippen MR) is 106 cm³/mol. The van der Waals surface area contributed by atoms with Gasteiger partial charge in [-0.2, -0.15) is 23.3 Å². The van der Waals surface area contributed by atoms with Gasteiger partial charge in [0.15, 0.2) is 0 Å². The Bertz CT molecular complexity index is 1120. The van der Waals surface area contributed by atoms with Gasteiger partial charge < -0.3 is 10.1 Å². The van der Waals surface area contributed by atoms with Crippen molar-refractivity contribution in [3.63, 3.8) is 0 Å². The van der Waals surface area contributed by atoms with Crippen molar-refractivity contribution in [3.8, 4) is 5.75 Å². The minimum absolute atomic E-state index is 0.0954. The van der Waals surface area contributed by atoms with Gasteiger partial charge in [0.2, 0.25) is 11.7 Å². The fraction of sp³-hybridized carbons (Fsp3) is 0.211. The summed E-state index contributed by atoms with van der Waals surface area (Å²) in [6.45, 7) is 2.27. The van der Waals surface area contributed by atoms with E-state index in [9.17, 15) is 18.0 Å². The molecule has 0 aliphatic carbocycles. The molecule has 1 atom stereocenters. The van der Waals surface area contributed by atoms with E-state index in [2.05, 4.69) is 15.4 Å². The first-order valence-electron chi connectivity index (χ1n) is 8.80. The Hall–Kier alpha value is -2.85. The highest BCUT2D eigenvalue weighted by molar-refractivity contribution is 7.18. The lowest BCUT2D eigenvalue weighted by molar-refractivity contribution is -0.0918. The first kappa shape index (κ1) is 20.4. The van der Waals surface area contributed by atoms with Crippen LogP contribution in [0, 0.1) is 0 Å². The molecule has 4 rings (SSSR count). The summed E-state index contributed by atoms with van der Waals surface area (Å²) in [4.78, 5) is 17.2. The molecule has 1 aliphatic rings. The van der Waals surface area contributed by atoms with Gasteiger partial charge in [-0.05, 0) is 36.8 Å². The van der Waals surface area contributed by atoms with Crippen LogP contribution in [0.15, 0.2) is 54.0 Å². The normalized spacial score (nSPS) is 16.2. The Balaban J connectivity index is 1.91. The second kappa shape index (κ2) is 7.77. The van der Waals surface area contributed by atoms with E-state index in [4.69, 9.17) is 16.3 Å². The highest BCUT2D eigenvalue weighted by Crippen LogP contribution is 2.42. The Morgan fingerprint density at radius 3 is 2.60 bits per heavy atom. The van der Waals surface area contributed by atoms with E-state index < -0.39 is 29.3 Å². The number of Topliss-reactive ketones (excluding diaryl/α,β-unsaturated/α-hetero) is 1. The molecule has 11 heteroatoms. The molecule has 30 heavy (non-hydrogen) atoms. The number of carbonyl (C=O) groups is 1. The topological polar surface area (TPSA) is 69.0 Å². The van der Waals surface area contributed by atoms with E-state index in [1.807, 2.05) is 6.92 Å². The van der Waals surface area contributed by atoms with Crippen molar-refractivity contribution in [1.29, 1.82) is 0 Å². The van der Waals surface area contributed by atoms with Crippen LogP contribution >= 0.6 is 22.9 Å². The van der Waals surface area contributed by atoms with Crippen molar-refractivity contribution in [1.82, 2.24) is 14.8 Å². The molecule has 1 aromatic carbocycles. The van der Waals surface area contributed by atoms with Crippen LogP contribution in [0.1, 0.15) is 28.2 Å². The lowest BCUT2D eigenvalue weighted by Crippen LogP contribution is -2.35. The number of allylic oxidation sites excluding steroid dienone is 2. The number of thiophene rings is 1. The molecule has 0 bridgehead atoms. The number of alkyl halides is 3. The lowest BCUT2D eigenvalue weighted by atomic mass is 9.91. The summed E-state index contributed by atoms with van der Waals surface area (Å²) in [6, 6.07) is 8.22. The summed E-state index contributed by atoms with van der Waals surface area (Å²) in [5.41, 5.74) is -1.22. The van der Waals surface area contributed by atoms with Crippen LogP contribution in [0.2, 0.25) is 4.34 Å². The van der Waals surface area contributed by atoms with E-state index in [-0.39, 0.29) is 10.8 Å². The number of rotatable bonds is 5. The minimum Gasteiger partial charge on any atom is -0.494 e. The van der Waals surface area contributed by atoms with Crippen molar-refractivity contribution in [2.45, 2.75) is 19.1 Å². The standard InChI is InChI=1S/C19H14ClF3N4O2S/c1-2-29-11-5-3-10(4-6-11)15-14(16(28)12-7-8-13(20)30-12)17(19(21,22)23)26-18-24-9-25-27(15)18/h3-9,15H,2H2,1H3,(H,24,25,26)/t15-/m1/s1. The largest absolute Gasteiger partial charge is 0.494 e. The second-order valence-electron chi connectivity index (χ2n) is 6.28. The van der Waals surface area contributed by atoms with Gasteiger partial charge >= 0.3 is 6.18 Å². The number of aromatic nitrogens is 3. The number of hydrogen-bond donors (Lipinski definition) is 1. The van der Waals surface area contributed by atoms with Crippen LogP contribution in [-0.4, -0.2) is 33.3 Å². The SMILES string of the molecule is CCOc1ccc([C@@H]2C(C(=O)c3ccc(Cl)s3)=C(C(F)(F)F)Nc3ncnn32)cc1. The number of anilines is 1. The monoisotopic (exact) mass is 454 g/mol. The maximum atomic E-state index is 14.0. The first-order valence-corrected chi connectivity index (χ1v) is 9.99. The van der Waals surface area contributed by atoms with E-state index in [1.54, 1.807) is 24.3 Å². The molecule has 6 nitrogen and oxygen atoms in total. The number of nitrogens with zero attached hydrogens (tertiary/aromatic N) is 3. The number of hydrogen-bond acceptors (Lipinski definition) is 6. The molecule has 1 aliphatic heterocycles. The molecule has 156 valence electrons. The predicted octanol–water partition coefficient (Wildman–Crippen LogP) is 5.11.